The highest BCUT2D eigenvalue weighted by Crippen LogP contribution is 2.22. The number of phenols is 1. The van der Waals surface area contributed by atoms with Gasteiger partial charge in [0.25, 0.3) is 5.91 Å². The van der Waals surface area contributed by atoms with Gasteiger partial charge in [0.05, 0.1) is 12.0 Å². The Morgan fingerprint density at radius 2 is 1.91 bits per heavy atom. The van der Waals surface area contributed by atoms with Gasteiger partial charge in [-0.05, 0) is 18.6 Å². The van der Waals surface area contributed by atoms with Crippen molar-refractivity contribution < 1.29 is 24.6 Å². The first-order valence-corrected chi connectivity index (χ1v) is 7.07. The number of amides is 2. The lowest BCUT2D eigenvalue weighted by Gasteiger charge is -2.09. The van der Waals surface area contributed by atoms with Crippen molar-refractivity contribution in [2.24, 2.45) is 0 Å². The van der Waals surface area contributed by atoms with Crippen molar-refractivity contribution in [1.82, 2.24) is 5.32 Å². The Morgan fingerprint density at radius 3 is 2.50 bits per heavy atom. The number of aliphatic carboxylic acids is 1. The molecule has 0 atom stereocenters. The number of carbonyl (C=O) groups is 3. The summed E-state index contributed by atoms with van der Waals surface area (Å²) in [5, 5.41) is 23.5. The van der Waals surface area contributed by atoms with E-state index in [4.69, 9.17) is 5.11 Å². The van der Waals surface area contributed by atoms with E-state index >= 15 is 0 Å². The maximum atomic E-state index is 11.8. The minimum atomic E-state index is -1.06. The van der Waals surface area contributed by atoms with E-state index in [9.17, 15) is 19.5 Å². The number of hydrogen-bond donors (Lipinski definition) is 4. The molecule has 0 aliphatic heterocycles. The zero-order chi connectivity index (χ0) is 16.5. The van der Waals surface area contributed by atoms with Crippen molar-refractivity contribution in [2.45, 2.75) is 32.6 Å². The number of carboxylic acids is 1. The van der Waals surface area contributed by atoms with E-state index in [1.54, 1.807) is 0 Å². The molecule has 0 saturated carbocycles. The molecule has 0 aromatic heterocycles. The van der Waals surface area contributed by atoms with E-state index in [-0.39, 0.29) is 30.1 Å². The van der Waals surface area contributed by atoms with Gasteiger partial charge in [-0.15, -0.1) is 0 Å². The molecule has 120 valence electrons. The maximum Gasteiger partial charge on any atom is 0.303 e. The molecule has 0 spiro atoms. The lowest BCUT2D eigenvalue weighted by atomic mass is 10.1. The zero-order valence-corrected chi connectivity index (χ0v) is 12.4. The second-order valence-corrected chi connectivity index (χ2v) is 4.78. The Hall–Kier alpha value is -2.57. The predicted molar refractivity (Wildman–Crippen MR) is 80.8 cm³/mol. The van der Waals surface area contributed by atoms with Gasteiger partial charge >= 0.3 is 5.97 Å². The van der Waals surface area contributed by atoms with Crippen LogP contribution >= 0.6 is 0 Å². The second-order valence-electron chi connectivity index (χ2n) is 4.78. The number of rotatable bonds is 8. The van der Waals surface area contributed by atoms with Gasteiger partial charge in [-0.2, -0.15) is 0 Å². The molecule has 0 fully saturated rings. The number of aromatic hydroxyl groups is 1. The lowest BCUT2D eigenvalue weighted by molar-refractivity contribution is -0.138. The van der Waals surface area contributed by atoms with Crippen molar-refractivity contribution in [3.63, 3.8) is 0 Å². The Kier molecular flexibility index (Phi) is 6.88. The molecule has 0 unspecified atom stereocenters. The van der Waals surface area contributed by atoms with Crippen LogP contribution < -0.4 is 10.6 Å². The Labute approximate surface area is 128 Å². The number of unbranched alkanes of at least 4 members (excludes halogenated alkanes) is 1. The third-order valence-corrected chi connectivity index (χ3v) is 2.91. The number of phenolic OH excluding ortho intramolecular Hbond substituents is 1. The van der Waals surface area contributed by atoms with Crippen molar-refractivity contribution in [3.05, 3.63) is 23.8 Å². The molecule has 7 nitrogen and oxygen atoms in total. The third kappa shape index (κ3) is 5.82. The standard InChI is InChI=1S/C15H20N2O5/c1-2-3-8-16-15(22)11-5-4-10(9-12(11)18)17-13(19)6-7-14(20)21/h4-5,9,18H,2-3,6-8H2,1H3,(H,16,22)(H,17,19)(H,20,21). The van der Waals surface area contributed by atoms with Crippen molar-refractivity contribution in [3.8, 4) is 5.75 Å². The molecule has 4 N–H and O–H groups in total. The van der Waals surface area contributed by atoms with Crippen LogP contribution in [0.3, 0.4) is 0 Å². The van der Waals surface area contributed by atoms with E-state index in [0.29, 0.717) is 12.2 Å². The molecular weight excluding hydrogens is 288 g/mol. The highest BCUT2D eigenvalue weighted by Gasteiger charge is 2.12. The predicted octanol–water partition coefficient (Wildman–Crippen LogP) is 1.73. The first-order chi connectivity index (χ1) is 10.4. The van der Waals surface area contributed by atoms with Crippen molar-refractivity contribution >= 4 is 23.5 Å². The SMILES string of the molecule is CCCCNC(=O)c1ccc(NC(=O)CCC(=O)O)cc1O. The summed E-state index contributed by atoms with van der Waals surface area (Å²) in [5.41, 5.74) is 0.428. The molecule has 7 heteroatoms. The van der Waals surface area contributed by atoms with Crippen LogP contribution in [0.1, 0.15) is 43.0 Å². The summed E-state index contributed by atoms with van der Waals surface area (Å²) in [4.78, 5) is 33.7. The van der Waals surface area contributed by atoms with Gasteiger partial charge in [-0.3, -0.25) is 14.4 Å². The minimum Gasteiger partial charge on any atom is -0.507 e. The van der Waals surface area contributed by atoms with Crippen molar-refractivity contribution in [2.75, 3.05) is 11.9 Å². The summed E-state index contributed by atoms with van der Waals surface area (Å²) in [6.45, 7) is 2.54. The van der Waals surface area contributed by atoms with Gasteiger partial charge in [0, 0.05) is 24.7 Å². The van der Waals surface area contributed by atoms with Crippen LogP contribution in [0.5, 0.6) is 5.75 Å². The van der Waals surface area contributed by atoms with Crippen molar-refractivity contribution in [1.29, 1.82) is 0 Å². The number of carbonyl (C=O) groups excluding carboxylic acids is 2. The molecule has 1 rings (SSSR count). The van der Waals surface area contributed by atoms with Crippen LogP contribution in [0.25, 0.3) is 0 Å². The monoisotopic (exact) mass is 308 g/mol. The first-order valence-electron chi connectivity index (χ1n) is 7.07. The van der Waals surface area contributed by atoms with Crippen LogP contribution in [0.4, 0.5) is 5.69 Å². The Balaban J connectivity index is 2.63. The molecule has 0 bridgehead atoms. The summed E-state index contributed by atoms with van der Waals surface area (Å²) in [5.74, 6) is -2.15. The number of anilines is 1. The van der Waals surface area contributed by atoms with E-state index in [0.717, 1.165) is 12.8 Å². The zero-order valence-electron chi connectivity index (χ0n) is 12.4. The van der Waals surface area contributed by atoms with Gasteiger partial charge in [-0.25, -0.2) is 0 Å². The van der Waals surface area contributed by atoms with Gasteiger partial charge in [0.2, 0.25) is 5.91 Å². The van der Waals surface area contributed by atoms with E-state index in [1.807, 2.05) is 6.92 Å². The second kappa shape index (κ2) is 8.66. The topological polar surface area (TPSA) is 116 Å². The molecule has 0 radical (unpaired) electrons. The third-order valence-electron chi connectivity index (χ3n) is 2.91. The highest BCUT2D eigenvalue weighted by atomic mass is 16.4. The molecular formula is C15H20N2O5. The molecule has 0 aliphatic carbocycles. The number of benzene rings is 1. The van der Waals surface area contributed by atoms with Crippen LogP contribution in [-0.4, -0.2) is 34.5 Å². The van der Waals surface area contributed by atoms with Crippen LogP contribution in [0.15, 0.2) is 18.2 Å². The highest BCUT2D eigenvalue weighted by molar-refractivity contribution is 5.98. The Bertz CT molecular complexity index is 557. The molecule has 2 amide bonds. The summed E-state index contributed by atoms with van der Waals surface area (Å²) in [6, 6.07) is 4.14. The van der Waals surface area contributed by atoms with E-state index < -0.39 is 11.9 Å². The van der Waals surface area contributed by atoms with Gasteiger partial charge in [0.15, 0.2) is 0 Å². The average Bonchev–Trinajstić information content (AvgIpc) is 2.45. The maximum absolute atomic E-state index is 11.8. The molecule has 0 heterocycles. The van der Waals surface area contributed by atoms with Gasteiger partial charge in [0.1, 0.15) is 5.75 Å². The summed E-state index contributed by atoms with van der Waals surface area (Å²) >= 11 is 0. The largest absolute Gasteiger partial charge is 0.507 e. The fraction of sp³-hybridized carbons (Fsp3) is 0.400. The van der Waals surface area contributed by atoms with Crippen LogP contribution in [0.2, 0.25) is 0 Å². The minimum absolute atomic E-state index is 0.125. The summed E-state index contributed by atoms with van der Waals surface area (Å²) < 4.78 is 0. The first kappa shape index (κ1) is 17.5. The summed E-state index contributed by atoms with van der Waals surface area (Å²) in [6.07, 6.45) is 1.38. The number of nitrogens with one attached hydrogen (secondary N) is 2. The molecule has 22 heavy (non-hydrogen) atoms. The quantitative estimate of drug-likeness (QED) is 0.546. The van der Waals surface area contributed by atoms with E-state index in [2.05, 4.69) is 10.6 Å². The summed E-state index contributed by atoms with van der Waals surface area (Å²) in [7, 11) is 0. The van der Waals surface area contributed by atoms with E-state index in [1.165, 1.54) is 18.2 Å². The average molecular weight is 308 g/mol. The molecule has 0 saturated heterocycles. The molecule has 1 aromatic rings. The number of hydrogen-bond acceptors (Lipinski definition) is 4. The molecule has 1 aromatic carbocycles. The lowest BCUT2D eigenvalue weighted by Crippen LogP contribution is -2.24. The van der Waals surface area contributed by atoms with Crippen LogP contribution in [-0.2, 0) is 9.59 Å². The number of carboxylic acid groups (broad SMARTS) is 1. The fourth-order valence-corrected chi connectivity index (χ4v) is 1.72. The van der Waals surface area contributed by atoms with Gasteiger partial charge in [-0.1, -0.05) is 13.3 Å². The van der Waals surface area contributed by atoms with Crippen LogP contribution in [0, 0.1) is 0 Å². The fourth-order valence-electron chi connectivity index (χ4n) is 1.72. The Morgan fingerprint density at radius 1 is 1.18 bits per heavy atom. The molecule has 0 aliphatic rings. The normalized spacial score (nSPS) is 10.0. The van der Waals surface area contributed by atoms with Gasteiger partial charge < -0.3 is 20.8 Å². The smallest absolute Gasteiger partial charge is 0.303 e.